The summed E-state index contributed by atoms with van der Waals surface area (Å²) in [5.74, 6) is 1.25. The van der Waals surface area contributed by atoms with Gasteiger partial charge in [-0.25, -0.2) is 0 Å². The Morgan fingerprint density at radius 2 is 1.91 bits per heavy atom. The molecule has 0 unspecified atom stereocenters. The van der Waals surface area contributed by atoms with Crippen LogP contribution in [0.5, 0.6) is 0 Å². The van der Waals surface area contributed by atoms with Crippen LogP contribution in [0.2, 0.25) is 0 Å². The molecule has 1 aliphatic carbocycles. The topological polar surface area (TPSA) is 26.3 Å². The van der Waals surface area contributed by atoms with E-state index in [1.54, 1.807) is 13.2 Å². The number of rotatable bonds is 2. The third-order valence-corrected chi connectivity index (χ3v) is 4.85. The fourth-order valence-electron chi connectivity index (χ4n) is 2.96. The summed E-state index contributed by atoms with van der Waals surface area (Å²) in [4.78, 5) is 12.3. The second kappa shape index (κ2) is 9.22. The number of ether oxygens (including phenoxy) is 1. The summed E-state index contributed by atoms with van der Waals surface area (Å²) in [6, 6.07) is 0. The Morgan fingerprint density at radius 3 is 2.52 bits per heavy atom. The Hall–Kier alpha value is -1.15. The lowest BCUT2D eigenvalue weighted by atomic mass is 9.86. The molecule has 1 aliphatic rings. The van der Waals surface area contributed by atoms with Crippen molar-refractivity contribution in [1.82, 2.24) is 0 Å². The predicted molar refractivity (Wildman–Crippen MR) is 98.5 cm³/mol. The molecule has 2 heteroatoms. The van der Waals surface area contributed by atoms with Crippen molar-refractivity contribution in [2.75, 3.05) is 7.11 Å². The number of hydrogen-bond acceptors (Lipinski definition) is 2. The highest BCUT2D eigenvalue weighted by Crippen LogP contribution is 2.26. The van der Waals surface area contributed by atoms with Gasteiger partial charge < -0.3 is 4.74 Å². The quantitative estimate of drug-likeness (QED) is 0.615. The van der Waals surface area contributed by atoms with Crippen molar-refractivity contribution in [3.8, 4) is 0 Å². The van der Waals surface area contributed by atoms with Crippen LogP contribution in [0.3, 0.4) is 0 Å². The Kier molecular flexibility index (Phi) is 7.98. The van der Waals surface area contributed by atoms with Crippen molar-refractivity contribution in [3.63, 3.8) is 0 Å². The minimum Gasteiger partial charge on any atom is -0.374 e. The molecule has 2 nitrogen and oxygen atoms in total. The van der Waals surface area contributed by atoms with Crippen LogP contribution in [0.15, 0.2) is 35.5 Å². The van der Waals surface area contributed by atoms with Gasteiger partial charge in [0.05, 0.1) is 5.60 Å². The van der Waals surface area contributed by atoms with Crippen LogP contribution in [0.25, 0.3) is 0 Å². The number of carbonyl (C=O) groups is 1. The molecule has 0 spiro atoms. The summed E-state index contributed by atoms with van der Waals surface area (Å²) in [6.45, 7) is 10.8. The first-order valence-electron chi connectivity index (χ1n) is 8.86. The van der Waals surface area contributed by atoms with E-state index in [4.69, 9.17) is 4.74 Å². The summed E-state index contributed by atoms with van der Waals surface area (Å²) >= 11 is 0. The Bertz CT molecular complexity index is 482. The van der Waals surface area contributed by atoms with E-state index in [2.05, 4.69) is 39.0 Å². The van der Waals surface area contributed by atoms with Gasteiger partial charge in [-0.2, -0.15) is 0 Å². The number of allylic oxidation sites excluding steroid dienone is 5. The van der Waals surface area contributed by atoms with Gasteiger partial charge in [-0.15, -0.1) is 0 Å². The first-order valence-corrected chi connectivity index (χ1v) is 8.86. The molecule has 0 bridgehead atoms. The standard InChI is InChI=1S/C21H34O2/c1-16(2)19-11-10-17(3)8-7-9-18(4)14-20(22)15-21(5,23-6)13-12-19/h8,12-14,16,19H,7,9-11,15H2,1-6H3/t19-,21+/m1/s1. The summed E-state index contributed by atoms with van der Waals surface area (Å²) in [6.07, 6.45) is 13.1. The van der Waals surface area contributed by atoms with E-state index >= 15 is 0 Å². The van der Waals surface area contributed by atoms with Gasteiger partial charge >= 0.3 is 0 Å². The van der Waals surface area contributed by atoms with E-state index in [0.29, 0.717) is 18.3 Å². The number of carbonyl (C=O) groups excluding carboxylic acids is 1. The average Bonchev–Trinajstić information content (AvgIpc) is 2.45. The molecule has 2 atom stereocenters. The molecular weight excluding hydrogens is 284 g/mol. The summed E-state index contributed by atoms with van der Waals surface area (Å²) in [5.41, 5.74) is 2.09. The molecule has 0 aromatic heterocycles. The van der Waals surface area contributed by atoms with Crippen LogP contribution in [0, 0.1) is 11.8 Å². The van der Waals surface area contributed by atoms with Crippen molar-refractivity contribution in [3.05, 3.63) is 35.5 Å². The highest BCUT2D eigenvalue weighted by Gasteiger charge is 2.24. The van der Waals surface area contributed by atoms with Crippen molar-refractivity contribution >= 4 is 5.78 Å². The van der Waals surface area contributed by atoms with Gasteiger partial charge in [0.25, 0.3) is 0 Å². The largest absolute Gasteiger partial charge is 0.374 e. The lowest BCUT2D eigenvalue weighted by Crippen LogP contribution is -2.28. The number of methoxy groups -OCH3 is 1. The minimum absolute atomic E-state index is 0.148. The lowest BCUT2D eigenvalue weighted by molar-refractivity contribution is -0.118. The molecule has 0 N–H and O–H groups in total. The molecule has 130 valence electrons. The predicted octanol–water partition coefficient (Wildman–Crippen LogP) is 5.65. The van der Waals surface area contributed by atoms with Gasteiger partial charge in [-0.1, -0.05) is 43.2 Å². The molecule has 0 saturated carbocycles. The van der Waals surface area contributed by atoms with Crippen molar-refractivity contribution in [2.24, 2.45) is 11.8 Å². The Balaban J connectivity index is 3.06. The monoisotopic (exact) mass is 318 g/mol. The molecule has 0 heterocycles. The molecule has 0 radical (unpaired) electrons. The van der Waals surface area contributed by atoms with Crippen LogP contribution in [0.1, 0.15) is 66.7 Å². The minimum atomic E-state index is -0.518. The van der Waals surface area contributed by atoms with Crippen LogP contribution in [-0.2, 0) is 9.53 Å². The van der Waals surface area contributed by atoms with E-state index in [-0.39, 0.29) is 5.78 Å². The zero-order chi connectivity index (χ0) is 17.5. The first kappa shape index (κ1) is 19.9. The van der Waals surface area contributed by atoms with E-state index in [9.17, 15) is 4.79 Å². The summed E-state index contributed by atoms with van der Waals surface area (Å²) in [7, 11) is 1.69. The number of ketones is 1. The maximum atomic E-state index is 12.3. The highest BCUT2D eigenvalue weighted by atomic mass is 16.5. The zero-order valence-electron chi connectivity index (χ0n) is 15.8. The fourth-order valence-corrected chi connectivity index (χ4v) is 2.96. The zero-order valence-corrected chi connectivity index (χ0v) is 15.8. The van der Waals surface area contributed by atoms with Gasteiger partial charge in [-0.3, -0.25) is 4.79 Å². The van der Waals surface area contributed by atoms with E-state index in [0.717, 1.165) is 31.3 Å². The van der Waals surface area contributed by atoms with E-state index in [1.807, 2.05) is 13.8 Å². The van der Waals surface area contributed by atoms with Gasteiger partial charge in [0.1, 0.15) is 0 Å². The Morgan fingerprint density at radius 1 is 1.22 bits per heavy atom. The van der Waals surface area contributed by atoms with Crippen LogP contribution >= 0.6 is 0 Å². The lowest BCUT2D eigenvalue weighted by Gasteiger charge is -2.25. The molecule has 0 aromatic rings. The van der Waals surface area contributed by atoms with Gasteiger partial charge in [0, 0.05) is 13.5 Å². The molecule has 0 amide bonds. The maximum Gasteiger partial charge on any atom is 0.158 e. The van der Waals surface area contributed by atoms with Crippen molar-refractivity contribution in [1.29, 1.82) is 0 Å². The smallest absolute Gasteiger partial charge is 0.158 e. The SMILES string of the molecule is CO[C@@]1(C)C=C[C@H](C(C)C)CCC(C)=CCCC(C)=CC(=O)C1. The third-order valence-electron chi connectivity index (χ3n) is 4.85. The normalized spacial score (nSPS) is 28.3. The van der Waals surface area contributed by atoms with E-state index < -0.39 is 5.60 Å². The Labute approximate surface area is 142 Å². The van der Waals surface area contributed by atoms with E-state index in [1.165, 1.54) is 5.57 Å². The van der Waals surface area contributed by atoms with Crippen LogP contribution in [-0.4, -0.2) is 18.5 Å². The molecule has 0 saturated heterocycles. The first-order chi connectivity index (χ1) is 10.8. The van der Waals surface area contributed by atoms with Crippen LogP contribution in [0.4, 0.5) is 0 Å². The van der Waals surface area contributed by atoms with Gasteiger partial charge in [0.15, 0.2) is 5.78 Å². The number of hydrogen-bond donors (Lipinski definition) is 0. The van der Waals surface area contributed by atoms with Gasteiger partial charge in [0.2, 0.25) is 0 Å². The molecule has 0 fully saturated rings. The fraction of sp³-hybridized carbons (Fsp3) is 0.667. The van der Waals surface area contributed by atoms with Crippen molar-refractivity contribution < 1.29 is 9.53 Å². The average molecular weight is 319 g/mol. The molecule has 0 aliphatic heterocycles. The van der Waals surface area contributed by atoms with Gasteiger partial charge in [-0.05, 0) is 64.4 Å². The van der Waals surface area contributed by atoms with Crippen molar-refractivity contribution in [2.45, 2.75) is 72.3 Å². The molecule has 1 rings (SSSR count). The summed E-state index contributed by atoms with van der Waals surface area (Å²) in [5, 5.41) is 0. The van der Waals surface area contributed by atoms with Crippen LogP contribution < -0.4 is 0 Å². The second-order valence-electron chi connectivity index (χ2n) is 7.55. The molecular formula is C21H34O2. The highest BCUT2D eigenvalue weighted by molar-refractivity contribution is 5.91. The second-order valence-corrected chi connectivity index (χ2v) is 7.55. The molecule has 0 aromatic carbocycles. The molecule has 23 heavy (non-hydrogen) atoms. The third kappa shape index (κ3) is 7.30. The maximum absolute atomic E-state index is 12.3. The summed E-state index contributed by atoms with van der Waals surface area (Å²) < 4.78 is 5.65.